The third kappa shape index (κ3) is 4.09. The number of nitrogen functional groups attached to an aromatic ring is 2. The molecule has 0 bridgehead atoms. The third-order valence-corrected chi connectivity index (χ3v) is 5.51. The first-order valence-electron chi connectivity index (χ1n) is 8.98. The molecule has 0 aliphatic rings. The lowest BCUT2D eigenvalue weighted by Crippen LogP contribution is -2.20. The van der Waals surface area contributed by atoms with Gasteiger partial charge in [-0.25, -0.2) is 4.98 Å². The fourth-order valence-electron chi connectivity index (χ4n) is 3.00. The van der Waals surface area contributed by atoms with Crippen LogP contribution in [0, 0.1) is 0 Å². The van der Waals surface area contributed by atoms with Crippen LogP contribution in [0.4, 0.5) is 11.5 Å². The number of fused-ring (bicyclic) bond motifs is 1. The summed E-state index contributed by atoms with van der Waals surface area (Å²) in [5.74, 6) is 0.278. The topological polar surface area (TPSA) is 107 Å². The van der Waals surface area contributed by atoms with Gasteiger partial charge in [0.1, 0.15) is 5.82 Å². The van der Waals surface area contributed by atoms with Crippen molar-refractivity contribution in [2.45, 2.75) is 6.54 Å². The van der Waals surface area contributed by atoms with Crippen LogP contribution in [0.25, 0.3) is 27.3 Å². The Hall–Kier alpha value is -3.71. The SMILES string of the molecule is Nc1ccc(-c2csc3c(C=CC(=O)NCc4cccnc4)cnc(N)c23)cc1. The van der Waals surface area contributed by atoms with Gasteiger partial charge in [-0.3, -0.25) is 9.78 Å². The van der Waals surface area contributed by atoms with Crippen LogP contribution >= 0.6 is 11.3 Å². The van der Waals surface area contributed by atoms with Crippen molar-refractivity contribution in [1.82, 2.24) is 15.3 Å². The zero-order valence-corrected chi connectivity index (χ0v) is 16.3. The molecule has 1 amide bonds. The molecule has 0 aliphatic heterocycles. The molecule has 0 unspecified atom stereocenters. The van der Waals surface area contributed by atoms with Crippen LogP contribution in [0.1, 0.15) is 11.1 Å². The van der Waals surface area contributed by atoms with Crippen LogP contribution in [-0.4, -0.2) is 15.9 Å². The van der Waals surface area contributed by atoms with E-state index in [0.717, 1.165) is 32.3 Å². The maximum absolute atomic E-state index is 12.2. The molecule has 144 valence electrons. The monoisotopic (exact) mass is 401 g/mol. The van der Waals surface area contributed by atoms with E-state index in [0.29, 0.717) is 18.1 Å². The maximum atomic E-state index is 12.2. The van der Waals surface area contributed by atoms with Gasteiger partial charge in [0.2, 0.25) is 5.91 Å². The van der Waals surface area contributed by atoms with E-state index in [9.17, 15) is 4.79 Å². The Labute approximate surface area is 171 Å². The minimum absolute atomic E-state index is 0.186. The summed E-state index contributed by atoms with van der Waals surface area (Å²) in [7, 11) is 0. The molecule has 7 heteroatoms. The smallest absolute Gasteiger partial charge is 0.244 e. The number of hydrogen-bond acceptors (Lipinski definition) is 6. The highest BCUT2D eigenvalue weighted by Crippen LogP contribution is 2.38. The van der Waals surface area contributed by atoms with Gasteiger partial charge in [-0.1, -0.05) is 18.2 Å². The van der Waals surface area contributed by atoms with Gasteiger partial charge in [0, 0.05) is 58.1 Å². The first-order valence-corrected chi connectivity index (χ1v) is 9.86. The predicted octanol–water partition coefficient (Wildman–Crippen LogP) is 3.85. The lowest BCUT2D eigenvalue weighted by molar-refractivity contribution is -0.116. The summed E-state index contributed by atoms with van der Waals surface area (Å²) >= 11 is 1.57. The molecule has 0 saturated carbocycles. The number of nitrogens with one attached hydrogen (secondary N) is 1. The van der Waals surface area contributed by atoms with Crippen LogP contribution < -0.4 is 16.8 Å². The molecule has 29 heavy (non-hydrogen) atoms. The number of nitrogens with two attached hydrogens (primary N) is 2. The normalized spacial score (nSPS) is 11.2. The second-order valence-electron chi connectivity index (χ2n) is 6.49. The van der Waals surface area contributed by atoms with Gasteiger partial charge in [-0.2, -0.15) is 0 Å². The van der Waals surface area contributed by atoms with Crippen molar-refractivity contribution in [3.05, 3.63) is 77.6 Å². The highest BCUT2D eigenvalue weighted by molar-refractivity contribution is 7.18. The molecule has 1 aromatic carbocycles. The van der Waals surface area contributed by atoms with Gasteiger partial charge in [0.05, 0.1) is 0 Å². The Balaban J connectivity index is 1.58. The zero-order valence-electron chi connectivity index (χ0n) is 15.5. The first kappa shape index (κ1) is 18.6. The molecule has 5 N–H and O–H groups in total. The average Bonchev–Trinajstić information content (AvgIpc) is 3.19. The van der Waals surface area contributed by atoms with E-state index in [1.54, 1.807) is 36.0 Å². The first-order chi connectivity index (χ1) is 14.1. The number of benzene rings is 1. The summed E-state index contributed by atoms with van der Waals surface area (Å²) in [5.41, 5.74) is 16.5. The molecule has 4 aromatic rings. The molecule has 0 atom stereocenters. The Morgan fingerprint density at radius 3 is 2.72 bits per heavy atom. The molecule has 0 spiro atoms. The standard InChI is InChI=1S/C22H19N5OS/c23-17-6-3-15(4-7-17)18-13-29-21-16(12-27-22(24)20(18)21)5-8-19(28)26-11-14-2-1-9-25-10-14/h1-10,12-13H,11,23H2,(H2,24,27)(H,26,28). The number of anilines is 2. The minimum Gasteiger partial charge on any atom is -0.399 e. The van der Waals surface area contributed by atoms with Crippen LogP contribution in [0.15, 0.2) is 66.4 Å². The molecule has 3 aromatic heterocycles. The fraction of sp³-hybridized carbons (Fsp3) is 0.0455. The predicted molar refractivity (Wildman–Crippen MR) is 119 cm³/mol. The van der Waals surface area contributed by atoms with E-state index >= 15 is 0 Å². The van der Waals surface area contributed by atoms with Crippen LogP contribution in [0.2, 0.25) is 0 Å². The van der Waals surface area contributed by atoms with E-state index in [1.807, 2.05) is 41.8 Å². The van der Waals surface area contributed by atoms with E-state index in [1.165, 1.54) is 6.08 Å². The molecule has 6 nitrogen and oxygen atoms in total. The summed E-state index contributed by atoms with van der Waals surface area (Å²) in [4.78, 5) is 20.5. The highest BCUT2D eigenvalue weighted by atomic mass is 32.1. The van der Waals surface area contributed by atoms with Crippen LogP contribution in [0.5, 0.6) is 0 Å². The van der Waals surface area contributed by atoms with Crippen LogP contribution in [0.3, 0.4) is 0 Å². The highest BCUT2D eigenvalue weighted by Gasteiger charge is 2.13. The number of hydrogen-bond donors (Lipinski definition) is 3. The van der Waals surface area contributed by atoms with Crippen molar-refractivity contribution >= 4 is 44.9 Å². The third-order valence-electron chi connectivity index (χ3n) is 4.48. The molecular weight excluding hydrogens is 382 g/mol. The molecule has 4 rings (SSSR count). The largest absolute Gasteiger partial charge is 0.399 e. The quantitative estimate of drug-likeness (QED) is 0.348. The zero-order chi connectivity index (χ0) is 20.2. The molecule has 3 heterocycles. The van der Waals surface area contributed by atoms with E-state index < -0.39 is 0 Å². The van der Waals surface area contributed by atoms with Gasteiger partial charge in [-0.15, -0.1) is 11.3 Å². The molecular formula is C22H19N5OS. The van der Waals surface area contributed by atoms with Crippen molar-refractivity contribution in [2.24, 2.45) is 0 Å². The van der Waals surface area contributed by atoms with Crippen molar-refractivity contribution in [3.63, 3.8) is 0 Å². The number of pyridine rings is 2. The van der Waals surface area contributed by atoms with Gasteiger partial charge in [0.15, 0.2) is 0 Å². The summed E-state index contributed by atoms with van der Waals surface area (Å²) in [6.45, 7) is 0.423. The Morgan fingerprint density at radius 1 is 1.14 bits per heavy atom. The summed E-state index contributed by atoms with van der Waals surface area (Å²) < 4.78 is 0.987. The fourth-order valence-corrected chi connectivity index (χ4v) is 4.08. The van der Waals surface area contributed by atoms with Gasteiger partial charge in [0.25, 0.3) is 0 Å². The van der Waals surface area contributed by atoms with E-state index in [4.69, 9.17) is 11.5 Å². The Morgan fingerprint density at radius 2 is 1.97 bits per heavy atom. The minimum atomic E-state index is -0.186. The van der Waals surface area contributed by atoms with Crippen molar-refractivity contribution < 1.29 is 4.79 Å². The lowest BCUT2D eigenvalue weighted by Gasteiger charge is -2.05. The number of aromatic nitrogens is 2. The maximum Gasteiger partial charge on any atom is 0.244 e. The lowest BCUT2D eigenvalue weighted by atomic mass is 10.0. The number of nitrogens with zero attached hydrogens (tertiary/aromatic N) is 2. The second-order valence-corrected chi connectivity index (χ2v) is 7.37. The summed E-state index contributed by atoms with van der Waals surface area (Å²) in [6.07, 6.45) is 8.38. The van der Waals surface area contributed by atoms with E-state index in [2.05, 4.69) is 15.3 Å². The number of amides is 1. The molecule has 0 aliphatic carbocycles. The number of thiophene rings is 1. The van der Waals surface area contributed by atoms with E-state index in [-0.39, 0.29) is 5.91 Å². The van der Waals surface area contributed by atoms with Crippen molar-refractivity contribution in [3.8, 4) is 11.1 Å². The molecule has 0 radical (unpaired) electrons. The number of rotatable bonds is 5. The summed E-state index contributed by atoms with van der Waals surface area (Å²) in [6, 6.07) is 11.4. The van der Waals surface area contributed by atoms with Crippen LogP contribution in [-0.2, 0) is 11.3 Å². The summed E-state index contributed by atoms with van der Waals surface area (Å²) in [5, 5.41) is 5.78. The Kier molecular flexibility index (Phi) is 5.22. The molecule has 0 saturated heterocycles. The second kappa shape index (κ2) is 8.12. The number of carbonyl (C=O) groups is 1. The van der Waals surface area contributed by atoms with Gasteiger partial charge in [-0.05, 0) is 40.8 Å². The molecule has 0 fully saturated rings. The Bertz CT molecular complexity index is 1180. The van der Waals surface area contributed by atoms with Crippen molar-refractivity contribution in [2.75, 3.05) is 11.5 Å². The van der Waals surface area contributed by atoms with Gasteiger partial charge < -0.3 is 16.8 Å². The van der Waals surface area contributed by atoms with Gasteiger partial charge >= 0.3 is 0 Å². The number of carbonyl (C=O) groups excluding carboxylic acids is 1. The van der Waals surface area contributed by atoms with Crippen molar-refractivity contribution in [1.29, 1.82) is 0 Å². The average molecular weight is 401 g/mol.